The number of aliphatic imine (C=N–C) groups is 1. The van der Waals surface area contributed by atoms with Crippen LogP contribution in [-0.4, -0.2) is 17.5 Å². The third-order valence-electron chi connectivity index (χ3n) is 0.808. The highest BCUT2D eigenvalue weighted by molar-refractivity contribution is 8.13. The molecule has 0 unspecified atom stereocenters. The number of nitriles is 1. The number of nitrogens with one attached hydrogen (secondary N) is 1. The van der Waals surface area contributed by atoms with E-state index < -0.39 is 0 Å². The second kappa shape index (κ2) is 7.16. The van der Waals surface area contributed by atoms with Crippen LogP contribution < -0.4 is 5.32 Å². The molecule has 1 N–H and O–H groups in total. The van der Waals surface area contributed by atoms with Crippen LogP contribution in [-0.2, 0) is 0 Å². The van der Waals surface area contributed by atoms with Gasteiger partial charge in [-0.1, -0.05) is 24.8 Å². The van der Waals surface area contributed by atoms with Gasteiger partial charge in [0.1, 0.15) is 0 Å². The number of hydrogen-bond acceptors (Lipinski definition) is 3. The predicted molar refractivity (Wildman–Crippen MR) is 49.4 cm³/mol. The second-order valence-electron chi connectivity index (χ2n) is 1.60. The topological polar surface area (TPSA) is 48.2 Å². The minimum absolute atomic E-state index is 0.553. The van der Waals surface area contributed by atoms with Crippen molar-refractivity contribution in [3.8, 4) is 6.19 Å². The van der Waals surface area contributed by atoms with Crippen molar-refractivity contribution < 1.29 is 0 Å². The van der Waals surface area contributed by atoms with Gasteiger partial charge in [0.25, 0.3) is 0 Å². The summed E-state index contributed by atoms with van der Waals surface area (Å²) in [5, 5.41) is 11.4. The largest absolute Gasteiger partial charge is 0.272 e. The Hall–Kier alpha value is -0.950. The van der Waals surface area contributed by atoms with E-state index in [1.165, 1.54) is 11.8 Å². The molecule has 0 aliphatic carbocycles. The van der Waals surface area contributed by atoms with Crippen molar-refractivity contribution in [2.24, 2.45) is 4.99 Å². The average molecular weight is 169 g/mol. The van der Waals surface area contributed by atoms with Gasteiger partial charge in [-0.05, 0) is 5.75 Å². The highest BCUT2D eigenvalue weighted by Gasteiger charge is 1.93. The van der Waals surface area contributed by atoms with Gasteiger partial charge < -0.3 is 0 Å². The summed E-state index contributed by atoms with van der Waals surface area (Å²) in [6.07, 6.45) is 3.52. The molecule has 0 heterocycles. The third-order valence-corrected chi connectivity index (χ3v) is 1.60. The van der Waals surface area contributed by atoms with Crippen molar-refractivity contribution in [3.63, 3.8) is 0 Å². The number of thioether (sulfide) groups is 1. The van der Waals surface area contributed by atoms with Gasteiger partial charge >= 0.3 is 0 Å². The highest BCUT2D eigenvalue weighted by atomic mass is 32.2. The van der Waals surface area contributed by atoms with E-state index in [0.29, 0.717) is 11.7 Å². The Morgan fingerprint density at radius 3 is 3.09 bits per heavy atom. The van der Waals surface area contributed by atoms with Crippen LogP contribution in [0.1, 0.15) is 6.92 Å². The Morgan fingerprint density at radius 1 is 1.91 bits per heavy atom. The van der Waals surface area contributed by atoms with Crippen molar-refractivity contribution >= 4 is 16.9 Å². The molecule has 0 aromatic carbocycles. The summed E-state index contributed by atoms with van der Waals surface area (Å²) in [7, 11) is 0. The summed E-state index contributed by atoms with van der Waals surface area (Å²) in [6, 6.07) is 0. The minimum atomic E-state index is 0.553. The minimum Gasteiger partial charge on any atom is -0.272 e. The average Bonchev–Trinajstić information content (AvgIpc) is 2.01. The van der Waals surface area contributed by atoms with Crippen LogP contribution in [0.3, 0.4) is 0 Å². The SMILES string of the molecule is C=CCN=C(NC#N)SCC. The van der Waals surface area contributed by atoms with Crippen molar-refractivity contribution in [1.82, 2.24) is 5.32 Å². The van der Waals surface area contributed by atoms with Gasteiger partial charge in [-0.3, -0.25) is 10.3 Å². The van der Waals surface area contributed by atoms with Crippen molar-refractivity contribution in [2.45, 2.75) is 6.92 Å². The van der Waals surface area contributed by atoms with Crippen molar-refractivity contribution in [3.05, 3.63) is 12.7 Å². The maximum atomic E-state index is 8.28. The van der Waals surface area contributed by atoms with Crippen LogP contribution in [0.2, 0.25) is 0 Å². The number of nitrogens with zero attached hydrogens (tertiary/aromatic N) is 2. The molecular weight excluding hydrogens is 158 g/mol. The molecule has 0 atom stereocenters. The number of hydrogen-bond donors (Lipinski definition) is 1. The Kier molecular flexibility index (Phi) is 6.54. The van der Waals surface area contributed by atoms with Gasteiger partial charge in [0.2, 0.25) is 0 Å². The maximum Gasteiger partial charge on any atom is 0.183 e. The summed E-state index contributed by atoms with van der Waals surface area (Å²) in [5.41, 5.74) is 0. The van der Waals surface area contributed by atoms with E-state index in [1.54, 1.807) is 6.08 Å². The molecule has 0 amide bonds. The van der Waals surface area contributed by atoms with E-state index in [4.69, 9.17) is 5.26 Å². The van der Waals surface area contributed by atoms with Gasteiger partial charge in [-0.25, -0.2) is 0 Å². The molecule has 0 bridgehead atoms. The van der Waals surface area contributed by atoms with Crippen LogP contribution in [0.5, 0.6) is 0 Å². The summed E-state index contributed by atoms with van der Waals surface area (Å²) in [4.78, 5) is 4.05. The normalized spacial score (nSPS) is 10.4. The van der Waals surface area contributed by atoms with Crippen molar-refractivity contribution in [2.75, 3.05) is 12.3 Å². The summed E-state index contributed by atoms with van der Waals surface area (Å²) < 4.78 is 0. The summed E-state index contributed by atoms with van der Waals surface area (Å²) >= 11 is 1.51. The Morgan fingerprint density at radius 2 is 2.64 bits per heavy atom. The second-order valence-corrected chi connectivity index (χ2v) is 2.86. The maximum absolute atomic E-state index is 8.28. The van der Waals surface area contributed by atoms with E-state index >= 15 is 0 Å². The predicted octanol–water partition coefficient (Wildman–Crippen LogP) is 1.35. The highest BCUT2D eigenvalue weighted by Crippen LogP contribution is 1.99. The summed E-state index contributed by atoms with van der Waals surface area (Å²) in [5.74, 6) is 0.907. The molecule has 60 valence electrons. The Balaban J connectivity index is 3.87. The lowest BCUT2D eigenvalue weighted by atomic mass is 10.7. The number of amidine groups is 1. The van der Waals surface area contributed by atoms with Gasteiger partial charge in [0.05, 0.1) is 6.54 Å². The van der Waals surface area contributed by atoms with Crippen molar-refractivity contribution in [1.29, 1.82) is 5.26 Å². The van der Waals surface area contributed by atoms with Crippen LogP contribution in [0.25, 0.3) is 0 Å². The van der Waals surface area contributed by atoms with E-state index in [-0.39, 0.29) is 0 Å². The van der Waals surface area contributed by atoms with Crippen LogP contribution in [0, 0.1) is 11.5 Å². The summed E-state index contributed by atoms with van der Waals surface area (Å²) in [6.45, 7) is 6.09. The molecule has 4 heteroatoms. The molecule has 0 rings (SSSR count). The fraction of sp³-hybridized carbons (Fsp3) is 0.429. The zero-order chi connectivity index (χ0) is 8.53. The lowest BCUT2D eigenvalue weighted by Gasteiger charge is -1.98. The fourth-order valence-corrected chi connectivity index (χ4v) is 1.01. The van der Waals surface area contributed by atoms with E-state index in [0.717, 1.165) is 5.75 Å². The van der Waals surface area contributed by atoms with Gasteiger partial charge in [-0.15, -0.1) is 6.58 Å². The quantitative estimate of drug-likeness (QED) is 0.228. The molecule has 0 aromatic rings. The molecule has 0 aliphatic rings. The lowest BCUT2D eigenvalue weighted by Crippen LogP contribution is -2.14. The first-order valence-corrected chi connectivity index (χ1v) is 4.27. The van der Waals surface area contributed by atoms with Gasteiger partial charge in [0, 0.05) is 0 Å². The van der Waals surface area contributed by atoms with Crippen LogP contribution in [0.15, 0.2) is 17.6 Å². The molecule has 0 saturated heterocycles. The molecular formula is C7H11N3S. The van der Waals surface area contributed by atoms with E-state index in [9.17, 15) is 0 Å². The van der Waals surface area contributed by atoms with Gasteiger partial charge in [-0.2, -0.15) is 5.26 Å². The Bertz CT molecular complexity index is 181. The fourth-order valence-electron chi connectivity index (χ4n) is 0.453. The lowest BCUT2D eigenvalue weighted by molar-refractivity contribution is 1.19. The molecule has 0 fully saturated rings. The zero-order valence-electron chi connectivity index (χ0n) is 6.50. The first kappa shape index (κ1) is 10.0. The third kappa shape index (κ3) is 5.49. The molecule has 0 aromatic heterocycles. The van der Waals surface area contributed by atoms with Crippen LogP contribution >= 0.6 is 11.8 Å². The molecule has 0 saturated carbocycles. The van der Waals surface area contributed by atoms with E-state index in [1.807, 2.05) is 13.1 Å². The molecule has 11 heavy (non-hydrogen) atoms. The molecule has 3 nitrogen and oxygen atoms in total. The molecule has 0 spiro atoms. The smallest absolute Gasteiger partial charge is 0.183 e. The molecule has 0 radical (unpaired) electrons. The zero-order valence-corrected chi connectivity index (χ0v) is 7.32. The first-order chi connectivity index (χ1) is 5.35. The molecule has 0 aliphatic heterocycles. The number of rotatable bonds is 3. The Labute approximate surface area is 71.2 Å². The standard InChI is InChI=1S/C7H11N3S/c1-3-5-9-7(10-6-8)11-4-2/h3H,1,4-5H2,2H3,(H,9,10). The van der Waals surface area contributed by atoms with E-state index in [2.05, 4.69) is 16.9 Å². The van der Waals surface area contributed by atoms with Gasteiger partial charge in [0.15, 0.2) is 11.4 Å². The first-order valence-electron chi connectivity index (χ1n) is 3.28. The monoisotopic (exact) mass is 169 g/mol. The van der Waals surface area contributed by atoms with Crippen LogP contribution in [0.4, 0.5) is 0 Å².